The normalized spacial score (nSPS) is 11.4. The van der Waals surface area contributed by atoms with E-state index in [0.29, 0.717) is 30.5 Å². The van der Waals surface area contributed by atoms with Crippen molar-refractivity contribution < 1.29 is 61.2 Å². The zero-order valence-electron chi connectivity index (χ0n) is 23.1. The monoisotopic (exact) mass is 680 g/mol. The average molecular weight is 681 g/mol. The second-order valence-corrected chi connectivity index (χ2v) is 12.3. The lowest BCUT2D eigenvalue weighted by Gasteiger charge is -2.13. The lowest BCUT2D eigenvalue weighted by atomic mass is 10.5. The van der Waals surface area contributed by atoms with Crippen LogP contribution in [0, 0.1) is 0 Å². The van der Waals surface area contributed by atoms with Crippen LogP contribution in [0.4, 0.5) is 0 Å². The number of thioether (sulfide) groups is 2. The van der Waals surface area contributed by atoms with Crippen LogP contribution in [-0.2, 0) is 61.2 Å². The Bertz CT molecular complexity index is 748. The third-order valence-electron chi connectivity index (χ3n) is 4.25. The van der Waals surface area contributed by atoms with Crippen LogP contribution < -0.4 is 0 Å². The molecule has 1 unspecified atom stereocenters. The summed E-state index contributed by atoms with van der Waals surface area (Å²) in [6.07, 6.45) is 0.408. The number of thiol groups is 2. The number of carbonyl (C=O) groups excluding carboxylic acids is 5. The van der Waals surface area contributed by atoms with Crippen LogP contribution in [0.1, 0.15) is 12.8 Å². The molecule has 0 rings (SSSR count). The third-order valence-corrected chi connectivity index (χ3v) is 8.06. The molecule has 18 heteroatoms. The standard InChI is InChI=1S/C23H40O13S4Si/c1-41(35-10-8-30-19(24)2-13-39-15-12-29-4-5-32-21(26)16-37)36-11-9-31-20(25)3-14-40-18-23(28)34-7-6-33-22(27)17-38/h37-38,41H,2-18H2,1H3. The number of carbonyl (C=O) groups is 5. The minimum atomic E-state index is -1.96. The smallest absolute Gasteiger partial charge is 0.318 e. The molecular formula is C23H40O13S4Si. The molecule has 0 saturated heterocycles. The van der Waals surface area contributed by atoms with E-state index in [9.17, 15) is 24.0 Å². The summed E-state index contributed by atoms with van der Waals surface area (Å²) in [4.78, 5) is 56.8. The van der Waals surface area contributed by atoms with Gasteiger partial charge in [-0.15, -0.1) is 11.8 Å². The molecule has 0 spiro atoms. The van der Waals surface area contributed by atoms with Crippen LogP contribution in [0.25, 0.3) is 0 Å². The SMILES string of the molecule is C[SiH](OCCOC(=O)CCSCCOCCOC(=O)CS)OCCOC(=O)CCSCC(=O)OCCOC(=O)CS. The first kappa shape index (κ1) is 39.8. The largest absolute Gasteiger partial charge is 0.463 e. The van der Waals surface area contributed by atoms with Gasteiger partial charge >= 0.3 is 39.1 Å². The van der Waals surface area contributed by atoms with Crippen molar-refractivity contribution in [3.05, 3.63) is 0 Å². The van der Waals surface area contributed by atoms with Gasteiger partial charge in [-0.3, -0.25) is 24.0 Å². The van der Waals surface area contributed by atoms with Gasteiger partial charge in [0.25, 0.3) is 0 Å². The van der Waals surface area contributed by atoms with Crippen molar-refractivity contribution in [1.29, 1.82) is 0 Å². The minimum Gasteiger partial charge on any atom is -0.463 e. The fraction of sp³-hybridized carbons (Fsp3) is 0.783. The second kappa shape index (κ2) is 28.9. The molecule has 0 radical (unpaired) electrons. The molecular weight excluding hydrogens is 641 g/mol. The van der Waals surface area contributed by atoms with Gasteiger partial charge in [-0.1, -0.05) is 0 Å². The molecule has 41 heavy (non-hydrogen) atoms. The number of hydrogen-bond donors (Lipinski definition) is 2. The number of rotatable bonds is 27. The van der Waals surface area contributed by atoms with Gasteiger partial charge < -0.3 is 37.3 Å². The Kier molecular flexibility index (Phi) is 28.1. The molecule has 0 aliphatic rings. The third kappa shape index (κ3) is 28.7. The molecule has 0 N–H and O–H groups in total. The van der Waals surface area contributed by atoms with Crippen molar-refractivity contribution in [2.75, 3.05) is 94.0 Å². The first-order valence-corrected chi connectivity index (χ1v) is 18.4. The Balaban J connectivity index is 3.51. The Morgan fingerprint density at radius 2 is 0.976 bits per heavy atom. The summed E-state index contributed by atoms with van der Waals surface area (Å²) in [6.45, 7) is 3.39. The van der Waals surface area contributed by atoms with E-state index in [1.165, 1.54) is 11.8 Å². The lowest BCUT2D eigenvalue weighted by molar-refractivity contribution is -0.148. The van der Waals surface area contributed by atoms with Gasteiger partial charge in [0.15, 0.2) is 0 Å². The summed E-state index contributed by atoms with van der Waals surface area (Å²) in [5, 5.41) is 0. The first-order chi connectivity index (χ1) is 19.8. The maximum Gasteiger partial charge on any atom is 0.318 e. The van der Waals surface area contributed by atoms with E-state index in [2.05, 4.69) is 25.3 Å². The van der Waals surface area contributed by atoms with Gasteiger partial charge in [0.2, 0.25) is 0 Å². The van der Waals surface area contributed by atoms with E-state index < -0.39 is 27.2 Å². The van der Waals surface area contributed by atoms with E-state index in [1.807, 2.05) is 6.55 Å². The maximum absolute atomic E-state index is 11.8. The van der Waals surface area contributed by atoms with Crippen molar-refractivity contribution in [2.24, 2.45) is 0 Å². The van der Waals surface area contributed by atoms with E-state index in [0.717, 1.165) is 0 Å². The summed E-state index contributed by atoms with van der Waals surface area (Å²) in [7, 11) is -1.96. The second-order valence-electron chi connectivity index (χ2n) is 7.51. The molecule has 0 saturated carbocycles. The maximum atomic E-state index is 11.8. The zero-order chi connectivity index (χ0) is 30.6. The van der Waals surface area contributed by atoms with E-state index in [-0.39, 0.29) is 88.3 Å². The molecule has 0 aromatic rings. The fourth-order valence-corrected chi connectivity index (χ4v) is 4.97. The quantitative estimate of drug-likeness (QED) is 0.0410. The molecule has 13 nitrogen and oxygen atoms in total. The average Bonchev–Trinajstić information content (AvgIpc) is 2.96. The van der Waals surface area contributed by atoms with E-state index in [1.54, 1.807) is 11.8 Å². The van der Waals surface area contributed by atoms with Crippen LogP contribution in [-0.4, -0.2) is 133 Å². The summed E-state index contributed by atoms with van der Waals surface area (Å²) < 4.78 is 41.0. The molecule has 0 aliphatic carbocycles. The van der Waals surface area contributed by atoms with Gasteiger partial charge in [-0.05, 0) is 6.55 Å². The van der Waals surface area contributed by atoms with Crippen LogP contribution in [0.5, 0.6) is 0 Å². The molecule has 0 aromatic heterocycles. The highest BCUT2D eigenvalue weighted by atomic mass is 32.2. The van der Waals surface area contributed by atoms with Gasteiger partial charge in [0.05, 0.1) is 56.5 Å². The van der Waals surface area contributed by atoms with Crippen molar-refractivity contribution in [1.82, 2.24) is 0 Å². The highest BCUT2D eigenvalue weighted by molar-refractivity contribution is 8.00. The topological polar surface area (TPSA) is 159 Å². The molecule has 0 aromatic carbocycles. The zero-order valence-corrected chi connectivity index (χ0v) is 27.7. The Morgan fingerprint density at radius 3 is 1.51 bits per heavy atom. The molecule has 0 heterocycles. The van der Waals surface area contributed by atoms with E-state index >= 15 is 0 Å². The predicted octanol–water partition coefficient (Wildman–Crippen LogP) is 0.709. The molecule has 238 valence electrons. The summed E-state index contributed by atoms with van der Waals surface area (Å²) in [6, 6.07) is 0. The van der Waals surface area contributed by atoms with Crippen LogP contribution in [0.2, 0.25) is 6.55 Å². The van der Waals surface area contributed by atoms with Crippen molar-refractivity contribution in [3.8, 4) is 0 Å². The van der Waals surface area contributed by atoms with Gasteiger partial charge in [-0.25, -0.2) is 0 Å². The van der Waals surface area contributed by atoms with Crippen molar-refractivity contribution in [2.45, 2.75) is 19.4 Å². The highest BCUT2D eigenvalue weighted by Crippen LogP contribution is 2.05. The summed E-state index contributed by atoms with van der Waals surface area (Å²) in [5.74, 6) is -0.286. The van der Waals surface area contributed by atoms with Gasteiger partial charge in [-0.2, -0.15) is 37.0 Å². The van der Waals surface area contributed by atoms with Gasteiger partial charge in [0, 0.05) is 17.3 Å². The number of esters is 5. The summed E-state index contributed by atoms with van der Waals surface area (Å²) >= 11 is 10.3. The van der Waals surface area contributed by atoms with Crippen LogP contribution in [0.3, 0.4) is 0 Å². The first-order valence-electron chi connectivity index (χ1n) is 12.7. The molecule has 0 aliphatic heterocycles. The predicted molar refractivity (Wildman–Crippen MR) is 162 cm³/mol. The molecule has 0 fully saturated rings. The van der Waals surface area contributed by atoms with E-state index in [4.69, 9.17) is 37.3 Å². The van der Waals surface area contributed by atoms with Crippen LogP contribution >= 0.6 is 48.8 Å². The van der Waals surface area contributed by atoms with Gasteiger partial charge in [0.1, 0.15) is 33.0 Å². The highest BCUT2D eigenvalue weighted by Gasteiger charge is 2.10. The summed E-state index contributed by atoms with van der Waals surface area (Å²) in [5.41, 5.74) is 0. The minimum absolute atomic E-state index is 0.0243. The molecule has 0 bridgehead atoms. The van der Waals surface area contributed by atoms with Crippen molar-refractivity contribution >= 4 is 87.9 Å². The Labute approximate surface area is 261 Å². The molecule has 1 atom stereocenters. The molecule has 0 amide bonds. The Hall–Kier alpha value is -1.15. The lowest BCUT2D eigenvalue weighted by Crippen LogP contribution is -2.24. The number of hydrogen-bond acceptors (Lipinski definition) is 17. The Morgan fingerprint density at radius 1 is 0.537 bits per heavy atom. The number of ether oxygens (including phenoxy) is 6. The fourth-order valence-electron chi connectivity index (χ4n) is 2.38. The van der Waals surface area contributed by atoms with Crippen LogP contribution in [0.15, 0.2) is 0 Å². The van der Waals surface area contributed by atoms with Crippen molar-refractivity contribution in [3.63, 3.8) is 0 Å².